The molecule has 0 saturated carbocycles. The van der Waals surface area contributed by atoms with Crippen molar-refractivity contribution in [1.29, 1.82) is 0 Å². The molecule has 0 spiro atoms. The highest BCUT2D eigenvalue weighted by atomic mass is 31.2. The van der Waals surface area contributed by atoms with E-state index in [1.165, 1.54) is 5.82 Å². The lowest BCUT2D eigenvalue weighted by Crippen LogP contribution is -2.42. The standard InChI is InChI=1S/C38H33O6P/c39-37(31-18-8-2-9-19-31)43-35-26-27-45(40,42-28-30-16-6-1-7-17-30)44-36(35)29-41-38(32-20-10-3-11-21-32,33-22-12-4-13-23-33)34-24-14-5-15-25-34/h1-27,35-36H,28-29H2/t35-,36-,45+/m1/s1. The van der Waals surface area contributed by atoms with Crippen LogP contribution in [0.3, 0.4) is 0 Å². The molecule has 0 amide bonds. The van der Waals surface area contributed by atoms with Crippen LogP contribution in [0.5, 0.6) is 0 Å². The number of benzene rings is 5. The highest BCUT2D eigenvalue weighted by molar-refractivity contribution is 7.57. The summed E-state index contributed by atoms with van der Waals surface area (Å²) in [5, 5.41) is 0. The lowest BCUT2D eigenvalue weighted by molar-refractivity contribution is -0.0691. The van der Waals surface area contributed by atoms with Gasteiger partial charge in [0.2, 0.25) is 0 Å². The van der Waals surface area contributed by atoms with Gasteiger partial charge in [-0.2, -0.15) is 0 Å². The van der Waals surface area contributed by atoms with E-state index in [2.05, 4.69) is 0 Å². The first kappa shape index (κ1) is 30.4. The predicted molar refractivity (Wildman–Crippen MR) is 174 cm³/mol. The maximum absolute atomic E-state index is 13.9. The second-order valence-corrected chi connectivity index (χ2v) is 12.5. The summed E-state index contributed by atoms with van der Waals surface area (Å²) in [7, 11) is -3.74. The average molecular weight is 617 g/mol. The van der Waals surface area contributed by atoms with Crippen LogP contribution in [0.4, 0.5) is 0 Å². The molecule has 45 heavy (non-hydrogen) atoms. The highest BCUT2D eigenvalue weighted by Gasteiger charge is 2.42. The Morgan fingerprint density at radius 3 is 1.64 bits per heavy atom. The van der Waals surface area contributed by atoms with Gasteiger partial charge >= 0.3 is 13.6 Å². The molecule has 7 heteroatoms. The summed E-state index contributed by atoms with van der Waals surface area (Å²) in [5.74, 6) is 0.843. The lowest BCUT2D eigenvalue weighted by Gasteiger charge is -2.38. The minimum atomic E-state index is -3.74. The summed E-state index contributed by atoms with van der Waals surface area (Å²) in [6.45, 7) is 0.0148. The Kier molecular flexibility index (Phi) is 9.49. The van der Waals surface area contributed by atoms with Crippen molar-refractivity contribution < 1.29 is 27.9 Å². The summed E-state index contributed by atoms with van der Waals surface area (Å²) >= 11 is 0. The Hall–Kier alpha value is -4.58. The molecule has 0 saturated heterocycles. The van der Waals surface area contributed by atoms with Crippen LogP contribution in [0, 0.1) is 0 Å². The van der Waals surface area contributed by atoms with Gasteiger partial charge < -0.3 is 14.0 Å². The van der Waals surface area contributed by atoms with E-state index in [-0.39, 0.29) is 13.2 Å². The van der Waals surface area contributed by atoms with Crippen LogP contribution in [0.25, 0.3) is 0 Å². The number of carbonyl (C=O) groups is 1. The number of hydrogen-bond acceptors (Lipinski definition) is 6. The van der Waals surface area contributed by atoms with Crippen molar-refractivity contribution in [2.75, 3.05) is 6.61 Å². The van der Waals surface area contributed by atoms with Crippen LogP contribution in [0.2, 0.25) is 0 Å². The van der Waals surface area contributed by atoms with Crippen LogP contribution in [-0.4, -0.2) is 24.8 Å². The third-order valence-electron chi connectivity index (χ3n) is 7.62. The van der Waals surface area contributed by atoms with E-state index in [1.807, 2.05) is 127 Å². The SMILES string of the molecule is O=C(O[C@@H]1C=C[P@](=O)(OCc2ccccc2)O[C@@H]1COC(c1ccccc1)(c1ccccc1)c1ccccc1)c1ccccc1. The zero-order valence-electron chi connectivity index (χ0n) is 24.6. The molecule has 0 aromatic heterocycles. The van der Waals surface area contributed by atoms with Crippen molar-refractivity contribution in [2.45, 2.75) is 24.4 Å². The number of carbonyl (C=O) groups excluding carboxylic acids is 1. The van der Waals surface area contributed by atoms with Gasteiger partial charge in [0.25, 0.3) is 0 Å². The van der Waals surface area contributed by atoms with E-state index < -0.39 is 31.4 Å². The predicted octanol–water partition coefficient (Wildman–Crippen LogP) is 8.54. The van der Waals surface area contributed by atoms with Crippen molar-refractivity contribution in [2.24, 2.45) is 0 Å². The van der Waals surface area contributed by atoms with E-state index in [0.29, 0.717) is 5.56 Å². The zero-order chi connectivity index (χ0) is 31.0. The van der Waals surface area contributed by atoms with E-state index in [4.69, 9.17) is 18.5 Å². The Labute approximate surface area is 263 Å². The summed E-state index contributed by atoms with van der Waals surface area (Å²) in [6, 6.07) is 48.0. The van der Waals surface area contributed by atoms with Crippen LogP contribution >= 0.6 is 7.60 Å². The van der Waals surface area contributed by atoms with Gasteiger partial charge in [0, 0.05) is 5.82 Å². The molecule has 5 aromatic carbocycles. The molecule has 0 radical (unpaired) electrons. The summed E-state index contributed by atoms with van der Waals surface area (Å²) in [4.78, 5) is 13.1. The molecule has 0 unspecified atom stereocenters. The van der Waals surface area contributed by atoms with E-state index in [1.54, 1.807) is 30.3 Å². The molecular weight excluding hydrogens is 583 g/mol. The maximum Gasteiger partial charge on any atom is 0.354 e. The third kappa shape index (κ3) is 7.06. The second-order valence-electron chi connectivity index (χ2n) is 10.6. The summed E-state index contributed by atoms with van der Waals surface area (Å²) in [5.41, 5.74) is 2.88. The van der Waals surface area contributed by atoms with Crippen molar-refractivity contribution in [3.8, 4) is 0 Å². The smallest absolute Gasteiger partial charge is 0.354 e. The third-order valence-corrected chi connectivity index (χ3v) is 9.21. The van der Waals surface area contributed by atoms with E-state index in [0.717, 1.165) is 22.3 Å². The van der Waals surface area contributed by atoms with Crippen LogP contribution in [-0.2, 0) is 35.3 Å². The van der Waals surface area contributed by atoms with E-state index in [9.17, 15) is 9.36 Å². The maximum atomic E-state index is 13.9. The molecule has 1 aliphatic rings. The van der Waals surface area contributed by atoms with Crippen LogP contribution in [0.15, 0.2) is 164 Å². The summed E-state index contributed by atoms with van der Waals surface area (Å²) < 4.78 is 38.9. The number of rotatable bonds is 11. The van der Waals surface area contributed by atoms with Gasteiger partial charge in [-0.25, -0.2) is 4.79 Å². The minimum Gasteiger partial charge on any atom is -0.452 e. The fourth-order valence-corrected chi connectivity index (χ4v) is 6.88. The monoisotopic (exact) mass is 616 g/mol. The Bertz CT molecular complexity index is 1650. The topological polar surface area (TPSA) is 71.1 Å². The first-order valence-electron chi connectivity index (χ1n) is 14.8. The Morgan fingerprint density at radius 2 is 1.13 bits per heavy atom. The van der Waals surface area contributed by atoms with Gasteiger partial charge in [0.1, 0.15) is 17.8 Å². The van der Waals surface area contributed by atoms with Gasteiger partial charge in [0.05, 0.1) is 18.8 Å². The summed E-state index contributed by atoms with van der Waals surface area (Å²) in [6.07, 6.45) is -0.251. The Balaban J connectivity index is 1.35. The van der Waals surface area contributed by atoms with Crippen LogP contribution in [0.1, 0.15) is 32.6 Å². The highest BCUT2D eigenvalue weighted by Crippen LogP contribution is 2.55. The lowest BCUT2D eigenvalue weighted by atomic mass is 9.80. The molecule has 0 aliphatic carbocycles. The molecular formula is C38H33O6P. The zero-order valence-corrected chi connectivity index (χ0v) is 25.4. The van der Waals surface area contributed by atoms with Crippen molar-refractivity contribution in [1.82, 2.24) is 0 Å². The van der Waals surface area contributed by atoms with Gasteiger partial charge in [-0.1, -0.05) is 140 Å². The first-order chi connectivity index (χ1) is 22.1. The van der Waals surface area contributed by atoms with E-state index >= 15 is 0 Å². The Morgan fingerprint density at radius 1 is 0.667 bits per heavy atom. The normalized spacial score (nSPS) is 19.6. The molecule has 0 bridgehead atoms. The number of hydrogen-bond donors (Lipinski definition) is 0. The number of esters is 1. The largest absolute Gasteiger partial charge is 0.452 e. The molecule has 0 N–H and O–H groups in total. The molecule has 226 valence electrons. The molecule has 5 aromatic rings. The van der Waals surface area contributed by atoms with Gasteiger partial charge in [0.15, 0.2) is 0 Å². The minimum absolute atomic E-state index is 0.0750. The molecule has 0 fully saturated rings. The quantitative estimate of drug-likeness (QED) is 0.0842. The first-order valence-corrected chi connectivity index (χ1v) is 16.4. The molecule has 6 nitrogen and oxygen atoms in total. The van der Waals surface area contributed by atoms with Crippen molar-refractivity contribution in [3.63, 3.8) is 0 Å². The molecule has 3 atom stereocenters. The van der Waals surface area contributed by atoms with Gasteiger partial charge in [-0.05, 0) is 40.5 Å². The van der Waals surface area contributed by atoms with Gasteiger partial charge in [-0.3, -0.25) is 9.09 Å². The molecule has 6 rings (SSSR count). The number of ether oxygens (including phenoxy) is 2. The average Bonchev–Trinajstić information content (AvgIpc) is 3.11. The van der Waals surface area contributed by atoms with Gasteiger partial charge in [-0.15, -0.1) is 0 Å². The van der Waals surface area contributed by atoms with Crippen LogP contribution < -0.4 is 0 Å². The molecule has 1 aliphatic heterocycles. The molecule has 1 heterocycles. The second kappa shape index (κ2) is 14.0. The van der Waals surface area contributed by atoms with Crippen molar-refractivity contribution >= 4 is 13.6 Å². The fraction of sp³-hybridized carbons (Fsp3) is 0.132. The van der Waals surface area contributed by atoms with Crippen molar-refractivity contribution in [3.05, 3.63) is 191 Å². The fourth-order valence-electron chi connectivity index (χ4n) is 5.39.